The summed E-state index contributed by atoms with van der Waals surface area (Å²) in [6.45, 7) is 0. The van der Waals surface area contributed by atoms with Crippen LogP contribution in [0.25, 0.3) is 0 Å². The Morgan fingerprint density at radius 1 is 0.441 bits per heavy atom. The molecule has 5 rings (SSSR count). The van der Waals surface area contributed by atoms with E-state index in [0.29, 0.717) is 0 Å². The Labute approximate surface area is 213 Å². The summed E-state index contributed by atoms with van der Waals surface area (Å²) >= 11 is 0. The number of hydrogen-bond donors (Lipinski definition) is 1. The third-order valence-electron chi connectivity index (χ3n) is 6.28. The predicted molar refractivity (Wildman–Crippen MR) is 144 cm³/mol. The summed E-state index contributed by atoms with van der Waals surface area (Å²) in [5.41, 5.74) is 10.1. The van der Waals surface area contributed by atoms with Crippen LogP contribution in [-0.4, -0.2) is 0 Å². The average molecular weight is 524 g/mol. The van der Waals surface area contributed by atoms with Gasteiger partial charge in [-0.25, -0.2) is 0 Å². The lowest BCUT2D eigenvalue weighted by atomic mass is 10.0. The van der Waals surface area contributed by atoms with E-state index in [4.69, 9.17) is 5.73 Å². The van der Waals surface area contributed by atoms with Crippen LogP contribution < -0.4 is 38.6 Å². The molecule has 34 heavy (non-hydrogen) atoms. The van der Waals surface area contributed by atoms with Gasteiger partial charge in [-0.3, -0.25) is 0 Å². The molecule has 1 atom stereocenters. The molecule has 0 bridgehead atoms. The minimum absolute atomic E-state index is 0. The highest BCUT2D eigenvalue weighted by Gasteiger charge is 2.54. The van der Waals surface area contributed by atoms with Crippen molar-refractivity contribution in [1.29, 1.82) is 0 Å². The Kier molecular flexibility index (Phi) is 7.63. The Morgan fingerprint density at radius 2 is 0.794 bits per heavy atom. The maximum Gasteiger partial charge on any atom is 0.135 e. The van der Waals surface area contributed by atoms with Gasteiger partial charge in [0, 0.05) is 11.3 Å². The van der Waals surface area contributed by atoms with Crippen LogP contribution in [0.3, 0.4) is 0 Å². The molecule has 168 valence electrons. The van der Waals surface area contributed by atoms with Crippen LogP contribution >= 0.6 is 7.26 Å². The second kappa shape index (κ2) is 10.8. The first-order valence-corrected chi connectivity index (χ1v) is 13.1. The van der Waals surface area contributed by atoms with Crippen LogP contribution in [0.15, 0.2) is 146 Å². The lowest BCUT2D eigenvalue weighted by Crippen LogP contribution is -3.00. The molecule has 3 heteroatoms. The summed E-state index contributed by atoms with van der Waals surface area (Å²) in [7, 11) is -2.21. The highest BCUT2D eigenvalue weighted by Crippen LogP contribution is 2.69. The molecule has 0 saturated heterocycles. The van der Waals surface area contributed by atoms with Crippen molar-refractivity contribution in [3.8, 4) is 0 Å². The van der Waals surface area contributed by atoms with E-state index in [1.54, 1.807) is 0 Å². The molecule has 0 amide bonds. The molecule has 0 aliphatic rings. The number of rotatable bonds is 6. The van der Waals surface area contributed by atoms with Crippen molar-refractivity contribution >= 4 is 28.9 Å². The van der Waals surface area contributed by atoms with Crippen molar-refractivity contribution in [3.05, 3.63) is 157 Å². The fourth-order valence-corrected chi connectivity index (χ4v) is 9.88. The Balaban J connectivity index is 0.00000274. The summed E-state index contributed by atoms with van der Waals surface area (Å²) in [5.74, 6) is 0. The molecule has 0 saturated carbocycles. The van der Waals surface area contributed by atoms with Crippen molar-refractivity contribution in [2.24, 2.45) is 0 Å². The molecular formula is C31H27BrNP. The summed E-state index contributed by atoms with van der Waals surface area (Å²) < 4.78 is 0. The van der Waals surface area contributed by atoms with Crippen LogP contribution in [0, 0.1) is 0 Å². The van der Waals surface area contributed by atoms with E-state index >= 15 is 0 Å². The van der Waals surface area contributed by atoms with Crippen molar-refractivity contribution in [2.75, 3.05) is 5.73 Å². The van der Waals surface area contributed by atoms with E-state index in [1.807, 2.05) is 12.1 Å². The summed E-state index contributed by atoms with van der Waals surface area (Å²) in [4.78, 5) is 0. The number of hydrogen-bond acceptors (Lipinski definition) is 1. The van der Waals surface area contributed by atoms with Crippen molar-refractivity contribution < 1.29 is 17.0 Å². The fraction of sp³-hybridized carbons (Fsp3) is 0.0323. The lowest BCUT2D eigenvalue weighted by Gasteiger charge is -2.36. The topological polar surface area (TPSA) is 26.0 Å². The third kappa shape index (κ3) is 4.32. The number of anilines is 1. The first kappa shape index (κ1) is 24.0. The SMILES string of the molecule is Nc1ccccc1C(c1ccccc1)[P+](c1ccccc1)(c1ccccc1)c1ccccc1.[Br-]. The second-order valence-electron chi connectivity index (χ2n) is 8.17. The summed E-state index contributed by atoms with van der Waals surface area (Å²) in [6.07, 6.45) is 0. The predicted octanol–water partition coefficient (Wildman–Crippen LogP) is 3.36. The van der Waals surface area contributed by atoms with Gasteiger partial charge in [-0.15, -0.1) is 0 Å². The molecule has 2 N–H and O–H groups in total. The van der Waals surface area contributed by atoms with Crippen molar-refractivity contribution in [3.63, 3.8) is 0 Å². The van der Waals surface area contributed by atoms with Crippen LogP contribution in [0.2, 0.25) is 0 Å². The molecule has 1 unspecified atom stereocenters. The third-order valence-corrected chi connectivity index (χ3v) is 11.0. The smallest absolute Gasteiger partial charge is 0.135 e. The van der Waals surface area contributed by atoms with Crippen LogP contribution in [0.1, 0.15) is 16.8 Å². The van der Waals surface area contributed by atoms with Gasteiger partial charge in [0.1, 0.15) is 28.8 Å². The number of halogens is 1. The van der Waals surface area contributed by atoms with Gasteiger partial charge in [0.15, 0.2) is 0 Å². The molecule has 0 radical (unpaired) electrons. The lowest BCUT2D eigenvalue weighted by molar-refractivity contribution is -0.00000634. The zero-order valence-electron chi connectivity index (χ0n) is 18.8. The molecule has 0 fully saturated rings. The first-order chi connectivity index (χ1) is 16.3. The van der Waals surface area contributed by atoms with Gasteiger partial charge in [-0.1, -0.05) is 103 Å². The fourth-order valence-electron chi connectivity index (χ4n) is 4.89. The Bertz CT molecular complexity index is 1210. The van der Waals surface area contributed by atoms with E-state index in [0.717, 1.165) is 5.69 Å². The summed E-state index contributed by atoms with van der Waals surface area (Å²) in [6, 6.07) is 52.2. The molecule has 1 nitrogen and oxygen atoms in total. The van der Waals surface area contributed by atoms with Crippen molar-refractivity contribution in [2.45, 2.75) is 5.66 Å². The molecule has 5 aromatic rings. The standard InChI is InChI=1S/C31H27NP.BrH/c32-30-24-14-13-23-29(30)31(25-15-5-1-6-16-25)33(26-17-7-2-8-18-26,27-19-9-3-10-20-27)28-21-11-4-12-22-28;/h1-24,31H,32H2;1H/q+1;/p-1. The minimum atomic E-state index is -2.21. The number of nitrogen functional groups attached to an aromatic ring is 1. The average Bonchev–Trinajstić information content (AvgIpc) is 2.90. The van der Waals surface area contributed by atoms with E-state index in [9.17, 15) is 0 Å². The van der Waals surface area contributed by atoms with E-state index in [2.05, 4.69) is 133 Å². The van der Waals surface area contributed by atoms with E-state index < -0.39 is 7.26 Å². The second-order valence-corrected chi connectivity index (χ2v) is 11.7. The largest absolute Gasteiger partial charge is 1.00 e. The summed E-state index contributed by atoms with van der Waals surface area (Å²) in [5, 5.41) is 4.04. The van der Waals surface area contributed by atoms with E-state index in [1.165, 1.54) is 27.0 Å². The monoisotopic (exact) mass is 523 g/mol. The van der Waals surface area contributed by atoms with Gasteiger partial charge >= 0.3 is 0 Å². The zero-order valence-corrected chi connectivity index (χ0v) is 21.3. The number of nitrogens with two attached hydrogens (primary N) is 1. The normalized spacial score (nSPS) is 11.9. The van der Waals surface area contributed by atoms with Gasteiger partial charge in [0.05, 0.1) is 0 Å². The Hall–Kier alpha value is -3.19. The van der Waals surface area contributed by atoms with Crippen LogP contribution in [-0.2, 0) is 0 Å². The highest BCUT2D eigenvalue weighted by molar-refractivity contribution is 7.96. The van der Waals surface area contributed by atoms with Gasteiger partial charge in [-0.2, -0.15) is 0 Å². The van der Waals surface area contributed by atoms with Crippen LogP contribution in [0.4, 0.5) is 5.69 Å². The highest BCUT2D eigenvalue weighted by atomic mass is 79.9. The number of para-hydroxylation sites is 1. The first-order valence-electron chi connectivity index (χ1n) is 11.3. The maximum atomic E-state index is 6.71. The molecule has 0 aliphatic heterocycles. The van der Waals surface area contributed by atoms with Gasteiger partial charge < -0.3 is 22.7 Å². The maximum absolute atomic E-state index is 6.71. The van der Waals surface area contributed by atoms with Gasteiger partial charge in [0.25, 0.3) is 0 Å². The molecule has 0 heterocycles. The van der Waals surface area contributed by atoms with E-state index in [-0.39, 0.29) is 22.6 Å². The molecular weight excluding hydrogens is 497 g/mol. The van der Waals surface area contributed by atoms with Gasteiger partial charge in [0.2, 0.25) is 0 Å². The minimum Gasteiger partial charge on any atom is -1.00 e. The molecule has 0 aromatic heterocycles. The quantitative estimate of drug-likeness (QED) is 0.268. The van der Waals surface area contributed by atoms with Gasteiger partial charge in [-0.05, 0) is 48.0 Å². The molecule has 0 spiro atoms. The number of benzene rings is 5. The van der Waals surface area contributed by atoms with Crippen molar-refractivity contribution in [1.82, 2.24) is 0 Å². The Morgan fingerprint density at radius 3 is 1.21 bits per heavy atom. The zero-order chi connectivity index (χ0) is 22.5. The molecule has 5 aromatic carbocycles. The molecule has 0 aliphatic carbocycles. The van der Waals surface area contributed by atoms with Crippen LogP contribution in [0.5, 0.6) is 0 Å².